The van der Waals surface area contributed by atoms with E-state index in [0.29, 0.717) is 23.2 Å². The zero-order valence-corrected chi connectivity index (χ0v) is 10.0. The van der Waals surface area contributed by atoms with Gasteiger partial charge >= 0.3 is 0 Å². The van der Waals surface area contributed by atoms with Gasteiger partial charge in [0.25, 0.3) is 0 Å². The molecule has 92 valence electrons. The van der Waals surface area contributed by atoms with Crippen LogP contribution in [0.1, 0.15) is 16.7 Å². The smallest absolute Gasteiger partial charge is 0.129 e. The predicted octanol–water partition coefficient (Wildman–Crippen LogP) is 3.18. The highest BCUT2D eigenvalue weighted by Crippen LogP contribution is 2.14. The molecule has 1 N–H and O–H groups in total. The summed E-state index contributed by atoms with van der Waals surface area (Å²) < 4.78 is 13.6. The first-order valence-corrected chi connectivity index (χ1v) is 5.65. The first-order chi connectivity index (χ1) is 9.22. The van der Waals surface area contributed by atoms with Crippen molar-refractivity contribution in [2.24, 2.45) is 0 Å². The van der Waals surface area contributed by atoms with Crippen molar-refractivity contribution in [3.05, 3.63) is 65.0 Å². The van der Waals surface area contributed by atoms with Gasteiger partial charge in [-0.3, -0.25) is 0 Å². The van der Waals surface area contributed by atoms with E-state index in [0.717, 1.165) is 5.69 Å². The minimum atomic E-state index is -0.403. The van der Waals surface area contributed by atoms with E-state index in [1.54, 1.807) is 36.4 Å². The summed E-state index contributed by atoms with van der Waals surface area (Å²) in [6.07, 6.45) is 0. The molecule has 3 nitrogen and oxygen atoms in total. The molecule has 4 heteroatoms. The molecule has 0 aliphatic heterocycles. The average Bonchev–Trinajstić information content (AvgIpc) is 2.46. The van der Waals surface area contributed by atoms with Crippen molar-refractivity contribution in [1.82, 2.24) is 0 Å². The number of nitrogens with one attached hydrogen (secondary N) is 1. The third-order valence-electron chi connectivity index (χ3n) is 2.68. The first kappa shape index (κ1) is 12.6. The van der Waals surface area contributed by atoms with E-state index < -0.39 is 5.82 Å². The monoisotopic (exact) mass is 251 g/mol. The Balaban J connectivity index is 2.06. The van der Waals surface area contributed by atoms with Gasteiger partial charge in [-0.05, 0) is 36.4 Å². The molecule has 2 rings (SSSR count). The Bertz CT molecular complexity index is 663. The van der Waals surface area contributed by atoms with Gasteiger partial charge in [0.05, 0.1) is 23.3 Å². The molecular formula is C15H10FN3. The van der Waals surface area contributed by atoms with Gasteiger partial charge in [-0.15, -0.1) is 0 Å². The lowest BCUT2D eigenvalue weighted by Crippen LogP contribution is -2.02. The van der Waals surface area contributed by atoms with Crippen LogP contribution in [0.15, 0.2) is 42.5 Å². The Kier molecular flexibility index (Phi) is 3.75. The number of benzene rings is 2. The largest absolute Gasteiger partial charge is 0.381 e. The van der Waals surface area contributed by atoms with Crippen molar-refractivity contribution >= 4 is 5.69 Å². The van der Waals surface area contributed by atoms with E-state index in [9.17, 15) is 4.39 Å². The summed E-state index contributed by atoms with van der Waals surface area (Å²) in [6, 6.07) is 15.2. The van der Waals surface area contributed by atoms with Gasteiger partial charge in [-0.1, -0.05) is 6.07 Å². The number of anilines is 1. The summed E-state index contributed by atoms with van der Waals surface area (Å²) in [5.41, 5.74) is 2.18. The Morgan fingerprint density at radius 2 is 1.58 bits per heavy atom. The fourth-order valence-electron chi connectivity index (χ4n) is 1.62. The van der Waals surface area contributed by atoms with Gasteiger partial charge in [-0.2, -0.15) is 10.5 Å². The van der Waals surface area contributed by atoms with Crippen LogP contribution < -0.4 is 5.32 Å². The van der Waals surface area contributed by atoms with Gasteiger partial charge in [-0.25, -0.2) is 4.39 Å². The number of nitrogens with zero attached hydrogens (tertiary/aromatic N) is 2. The van der Waals surface area contributed by atoms with Crippen molar-refractivity contribution in [3.63, 3.8) is 0 Å². The van der Waals surface area contributed by atoms with Crippen LogP contribution in [0.5, 0.6) is 0 Å². The number of rotatable bonds is 3. The van der Waals surface area contributed by atoms with Crippen LogP contribution in [0.4, 0.5) is 10.1 Å². The van der Waals surface area contributed by atoms with E-state index in [4.69, 9.17) is 10.5 Å². The quantitative estimate of drug-likeness (QED) is 0.911. The molecule has 0 unspecified atom stereocenters. The fraction of sp³-hybridized carbons (Fsp3) is 0.0667. The van der Waals surface area contributed by atoms with Crippen LogP contribution >= 0.6 is 0 Å². The normalized spacial score (nSPS) is 9.42. The molecule has 0 spiro atoms. The van der Waals surface area contributed by atoms with Gasteiger partial charge in [0.2, 0.25) is 0 Å². The summed E-state index contributed by atoms with van der Waals surface area (Å²) >= 11 is 0. The van der Waals surface area contributed by atoms with Gasteiger partial charge in [0, 0.05) is 17.8 Å². The van der Waals surface area contributed by atoms with E-state index in [-0.39, 0.29) is 0 Å². The van der Waals surface area contributed by atoms with Crippen LogP contribution in [-0.2, 0) is 6.54 Å². The molecule has 2 aromatic rings. The van der Waals surface area contributed by atoms with Crippen molar-refractivity contribution in [1.29, 1.82) is 10.5 Å². The molecule has 19 heavy (non-hydrogen) atoms. The second-order valence-electron chi connectivity index (χ2n) is 3.96. The molecule has 0 fully saturated rings. The minimum absolute atomic E-state index is 0.305. The Morgan fingerprint density at radius 1 is 0.947 bits per heavy atom. The maximum atomic E-state index is 13.6. The van der Waals surface area contributed by atoms with Crippen molar-refractivity contribution in [3.8, 4) is 12.1 Å². The van der Waals surface area contributed by atoms with E-state index >= 15 is 0 Å². The zero-order chi connectivity index (χ0) is 13.7. The van der Waals surface area contributed by atoms with Crippen molar-refractivity contribution < 1.29 is 4.39 Å². The predicted molar refractivity (Wildman–Crippen MR) is 69.6 cm³/mol. The maximum absolute atomic E-state index is 13.6. The zero-order valence-electron chi connectivity index (χ0n) is 10.0. The highest BCUT2D eigenvalue weighted by atomic mass is 19.1. The fourth-order valence-corrected chi connectivity index (χ4v) is 1.62. The number of halogens is 1. The number of hydrogen-bond donors (Lipinski definition) is 1. The maximum Gasteiger partial charge on any atom is 0.129 e. The van der Waals surface area contributed by atoms with Crippen molar-refractivity contribution in [2.75, 3.05) is 5.32 Å². The third kappa shape index (κ3) is 3.08. The lowest BCUT2D eigenvalue weighted by Gasteiger charge is -2.07. The standard InChI is InChI=1S/C15H10FN3/c16-15-7-12(9-18)1-4-13(15)10-19-14-5-2-11(8-17)3-6-14/h1-7,19H,10H2. The number of hydrogen-bond acceptors (Lipinski definition) is 3. The Morgan fingerprint density at radius 3 is 2.16 bits per heavy atom. The van der Waals surface area contributed by atoms with E-state index in [1.807, 2.05) is 12.1 Å². The molecule has 0 aromatic heterocycles. The summed E-state index contributed by atoms with van der Waals surface area (Å²) in [5.74, 6) is -0.403. The van der Waals surface area contributed by atoms with Crippen LogP contribution in [0.25, 0.3) is 0 Å². The summed E-state index contributed by atoms with van der Waals surface area (Å²) in [5, 5.41) is 20.4. The lowest BCUT2D eigenvalue weighted by atomic mass is 10.1. The molecule has 0 heterocycles. The Hall–Kier alpha value is -2.85. The SMILES string of the molecule is N#Cc1ccc(NCc2ccc(C#N)cc2F)cc1. The molecule has 2 aromatic carbocycles. The summed E-state index contributed by atoms with van der Waals surface area (Å²) in [6.45, 7) is 0.323. The van der Waals surface area contributed by atoms with Gasteiger partial charge in [0.15, 0.2) is 0 Å². The highest BCUT2D eigenvalue weighted by molar-refractivity contribution is 5.47. The molecule has 0 aliphatic rings. The van der Waals surface area contributed by atoms with Crippen LogP contribution in [-0.4, -0.2) is 0 Å². The molecule has 0 radical (unpaired) electrons. The van der Waals surface area contributed by atoms with Crippen LogP contribution in [0.2, 0.25) is 0 Å². The minimum Gasteiger partial charge on any atom is -0.381 e. The third-order valence-corrected chi connectivity index (χ3v) is 2.68. The van der Waals surface area contributed by atoms with E-state index in [2.05, 4.69) is 5.32 Å². The molecule has 0 atom stereocenters. The Labute approximate surface area is 110 Å². The summed E-state index contributed by atoms with van der Waals surface area (Å²) in [7, 11) is 0. The van der Waals surface area contributed by atoms with Crippen LogP contribution in [0, 0.1) is 28.5 Å². The highest BCUT2D eigenvalue weighted by Gasteiger charge is 2.03. The molecule has 0 amide bonds. The average molecular weight is 251 g/mol. The molecule has 0 saturated carbocycles. The molecule has 0 aliphatic carbocycles. The second-order valence-corrected chi connectivity index (χ2v) is 3.96. The first-order valence-electron chi connectivity index (χ1n) is 5.65. The van der Waals surface area contributed by atoms with Crippen molar-refractivity contribution in [2.45, 2.75) is 6.54 Å². The van der Waals surface area contributed by atoms with E-state index in [1.165, 1.54) is 6.07 Å². The molecule has 0 saturated heterocycles. The van der Waals surface area contributed by atoms with Gasteiger partial charge < -0.3 is 5.32 Å². The lowest BCUT2D eigenvalue weighted by molar-refractivity contribution is 0.612. The summed E-state index contributed by atoms with van der Waals surface area (Å²) in [4.78, 5) is 0. The molecular weight excluding hydrogens is 241 g/mol. The number of nitriles is 2. The molecule has 0 bridgehead atoms. The van der Waals surface area contributed by atoms with Gasteiger partial charge in [0.1, 0.15) is 5.82 Å². The topological polar surface area (TPSA) is 59.6 Å². The second kappa shape index (κ2) is 5.66. The van der Waals surface area contributed by atoms with Crippen LogP contribution in [0.3, 0.4) is 0 Å².